The van der Waals surface area contributed by atoms with Crippen molar-refractivity contribution in [2.45, 2.75) is 65.5 Å². The molecule has 0 aromatic rings. The van der Waals surface area contributed by atoms with Gasteiger partial charge in [0, 0.05) is 12.1 Å². The van der Waals surface area contributed by atoms with Crippen LogP contribution in [-0.2, 0) is 0 Å². The molecule has 0 aromatic heterocycles. The summed E-state index contributed by atoms with van der Waals surface area (Å²) < 4.78 is 0. The normalized spacial score (nSPS) is 17.8. The minimum absolute atomic E-state index is 0.365. The van der Waals surface area contributed by atoms with Crippen LogP contribution in [0.4, 0.5) is 0 Å². The summed E-state index contributed by atoms with van der Waals surface area (Å²) in [4.78, 5) is 0. The standard InChI is InChI=1S/C12H28N2/c1-5-12(4)14-9-10(2)7-6-8-11(3)13/h10-12,14H,5-9,13H2,1-4H3. The van der Waals surface area contributed by atoms with Crippen molar-refractivity contribution in [1.29, 1.82) is 0 Å². The van der Waals surface area contributed by atoms with E-state index in [1.165, 1.54) is 19.3 Å². The fraction of sp³-hybridized carbons (Fsp3) is 1.00. The van der Waals surface area contributed by atoms with Crippen LogP contribution in [0, 0.1) is 5.92 Å². The van der Waals surface area contributed by atoms with E-state index in [2.05, 4.69) is 33.0 Å². The topological polar surface area (TPSA) is 38.0 Å². The molecule has 0 saturated carbocycles. The van der Waals surface area contributed by atoms with Crippen LogP contribution in [0.1, 0.15) is 53.4 Å². The molecule has 86 valence electrons. The van der Waals surface area contributed by atoms with E-state index in [-0.39, 0.29) is 0 Å². The first-order valence-electron chi connectivity index (χ1n) is 6.05. The van der Waals surface area contributed by atoms with Crippen LogP contribution in [0.3, 0.4) is 0 Å². The lowest BCUT2D eigenvalue weighted by molar-refractivity contribution is 0.417. The first-order chi connectivity index (χ1) is 6.56. The Hall–Kier alpha value is -0.0800. The van der Waals surface area contributed by atoms with E-state index in [1.54, 1.807) is 0 Å². The van der Waals surface area contributed by atoms with Crippen LogP contribution in [0.15, 0.2) is 0 Å². The predicted molar refractivity (Wildman–Crippen MR) is 64.4 cm³/mol. The molecule has 0 bridgehead atoms. The summed E-state index contributed by atoms with van der Waals surface area (Å²) in [6.07, 6.45) is 4.94. The van der Waals surface area contributed by atoms with Gasteiger partial charge >= 0.3 is 0 Å². The van der Waals surface area contributed by atoms with Crippen molar-refractivity contribution in [3.05, 3.63) is 0 Å². The van der Waals surface area contributed by atoms with Gasteiger partial charge in [-0.1, -0.05) is 20.3 Å². The summed E-state index contributed by atoms with van der Waals surface area (Å²) in [5.41, 5.74) is 5.71. The minimum atomic E-state index is 0.365. The first-order valence-corrected chi connectivity index (χ1v) is 6.05. The number of rotatable bonds is 8. The quantitative estimate of drug-likeness (QED) is 0.632. The molecule has 0 spiro atoms. The monoisotopic (exact) mass is 200 g/mol. The molecule has 0 radical (unpaired) electrons. The molecular formula is C12H28N2. The van der Waals surface area contributed by atoms with Crippen LogP contribution < -0.4 is 11.1 Å². The number of nitrogens with one attached hydrogen (secondary N) is 1. The largest absolute Gasteiger partial charge is 0.328 e. The van der Waals surface area contributed by atoms with Gasteiger partial charge in [-0.2, -0.15) is 0 Å². The number of nitrogens with two attached hydrogens (primary N) is 1. The Balaban J connectivity index is 3.32. The van der Waals surface area contributed by atoms with Crippen molar-refractivity contribution in [2.75, 3.05) is 6.54 Å². The third-order valence-electron chi connectivity index (χ3n) is 2.78. The molecule has 2 nitrogen and oxygen atoms in total. The molecule has 0 amide bonds. The molecular weight excluding hydrogens is 172 g/mol. The molecule has 3 unspecified atom stereocenters. The highest BCUT2D eigenvalue weighted by Gasteiger charge is 2.04. The highest BCUT2D eigenvalue weighted by atomic mass is 14.9. The maximum absolute atomic E-state index is 5.71. The van der Waals surface area contributed by atoms with E-state index >= 15 is 0 Å². The Morgan fingerprint density at radius 2 is 1.79 bits per heavy atom. The van der Waals surface area contributed by atoms with Crippen molar-refractivity contribution < 1.29 is 0 Å². The van der Waals surface area contributed by atoms with E-state index in [1.807, 2.05) is 0 Å². The smallest absolute Gasteiger partial charge is 0.00362 e. The fourth-order valence-corrected chi connectivity index (χ4v) is 1.44. The van der Waals surface area contributed by atoms with Crippen LogP contribution in [0.25, 0.3) is 0 Å². The average Bonchev–Trinajstić information content (AvgIpc) is 2.13. The Morgan fingerprint density at radius 3 is 2.29 bits per heavy atom. The van der Waals surface area contributed by atoms with Gasteiger partial charge < -0.3 is 11.1 Å². The maximum atomic E-state index is 5.71. The van der Waals surface area contributed by atoms with Gasteiger partial charge in [0.15, 0.2) is 0 Å². The third-order valence-corrected chi connectivity index (χ3v) is 2.78. The molecule has 14 heavy (non-hydrogen) atoms. The Labute approximate surface area is 89.6 Å². The summed E-state index contributed by atoms with van der Waals surface area (Å²) in [5, 5.41) is 3.54. The highest BCUT2D eigenvalue weighted by molar-refractivity contribution is 4.63. The molecule has 0 aliphatic rings. The second-order valence-corrected chi connectivity index (χ2v) is 4.73. The van der Waals surface area contributed by atoms with E-state index in [4.69, 9.17) is 5.73 Å². The van der Waals surface area contributed by atoms with Gasteiger partial charge in [0.05, 0.1) is 0 Å². The van der Waals surface area contributed by atoms with Gasteiger partial charge in [-0.15, -0.1) is 0 Å². The first kappa shape index (κ1) is 13.9. The minimum Gasteiger partial charge on any atom is -0.328 e. The van der Waals surface area contributed by atoms with Crippen molar-refractivity contribution in [3.8, 4) is 0 Å². The van der Waals surface area contributed by atoms with Crippen molar-refractivity contribution >= 4 is 0 Å². The molecule has 2 heteroatoms. The lowest BCUT2D eigenvalue weighted by atomic mass is 10.0. The molecule has 0 aromatic carbocycles. The van der Waals surface area contributed by atoms with E-state index in [9.17, 15) is 0 Å². The Kier molecular flexibility index (Phi) is 8.20. The van der Waals surface area contributed by atoms with Gasteiger partial charge in [0.2, 0.25) is 0 Å². The number of hydrogen-bond donors (Lipinski definition) is 2. The fourth-order valence-electron chi connectivity index (χ4n) is 1.44. The zero-order valence-corrected chi connectivity index (χ0v) is 10.3. The van der Waals surface area contributed by atoms with Crippen LogP contribution >= 0.6 is 0 Å². The van der Waals surface area contributed by atoms with Gasteiger partial charge in [0.25, 0.3) is 0 Å². The van der Waals surface area contributed by atoms with Gasteiger partial charge in [0.1, 0.15) is 0 Å². The van der Waals surface area contributed by atoms with Gasteiger partial charge in [-0.25, -0.2) is 0 Å². The molecule has 0 saturated heterocycles. The molecule has 0 rings (SSSR count). The Morgan fingerprint density at radius 1 is 1.14 bits per heavy atom. The van der Waals surface area contributed by atoms with Gasteiger partial charge in [-0.05, 0) is 45.6 Å². The lowest BCUT2D eigenvalue weighted by Crippen LogP contribution is -2.29. The number of hydrogen-bond acceptors (Lipinski definition) is 2. The van der Waals surface area contributed by atoms with Crippen molar-refractivity contribution in [3.63, 3.8) is 0 Å². The predicted octanol–water partition coefficient (Wildman–Crippen LogP) is 2.53. The molecule has 0 heterocycles. The summed E-state index contributed by atoms with van der Waals surface area (Å²) in [6.45, 7) is 10.0. The second kappa shape index (κ2) is 8.25. The van der Waals surface area contributed by atoms with Crippen LogP contribution in [0.5, 0.6) is 0 Å². The Bertz CT molecular complexity index is 123. The molecule has 3 atom stereocenters. The van der Waals surface area contributed by atoms with E-state index in [0.29, 0.717) is 12.1 Å². The highest BCUT2D eigenvalue weighted by Crippen LogP contribution is 2.08. The maximum Gasteiger partial charge on any atom is 0.00362 e. The summed E-state index contributed by atoms with van der Waals surface area (Å²) >= 11 is 0. The summed E-state index contributed by atoms with van der Waals surface area (Å²) in [7, 11) is 0. The van der Waals surface area contributed by atoms with E-state index in [0.717, 1.165) is 18.9 Å². The molecule has 3 N–H and O–H groups in total. The average molecular weight is 200 g/mol. The SMILES string of the molecule is CCC(C)NCC(C)CCCC(C)N. The van der Waals surface area contributed by atoms with Crippen LogP contribution in [-0.4, -0.2) is 18.6 Å². The molecule has 0 aliphatic heterocycles. The second-order valence-electron chi connectivity index (χ2n) is 4.73. The lowest BCUT2D eigenvalue weighted by Gasteiger charge is -2.16. The third kappa shape index (κ3) is 8.52. The van der Waals surface area contributed by atoms with Gasteiger partial charge in [-0.3, -0.25) is 0 Å². The van der Waals surface area contributed by atoms with Crippen molar-refractivity contribution in [2.24, 2.45) is 11.7 Å². The summed E-state index contributed by atoms with van der Waals surface area (Å²) in [6, 6.07) is 1.02. The van der Waals surface area contributed by atoms with Crippen LogP contribution in [0.2, 0.25) is 0 Å². The summed E-state index contributed by atoms with van der Waals surface area (Å²) in [5.74, 6) is 0.780. The molecule has 0 fully saturated rings. The molecule has 0 aliphatic carbocycles. The zero-order chi connectivity index (χ0) is 11.0. The zero-order valence-electron chi connectivity index (χ0n) is 10.3. The van der Waals surface area contributed by atoms with Crippen molar-refractivity contribution in [1.82, 2.24) is 5.32 Å². The van der Waals surface area contributed by atoms with E-state index < -0.39 is 0 Å².